The number of ether oxygens (including phenoxy) is 2. The normalized spacial score (nSPS) is 12.9. The molecule has 2 amide bonds. The smallest absolute Gasteiger partial charge is 0.329 e. The predicted molar refractivity (Wildman–Crippen MR) is 108 cm³/mol. The lowest BCUT2D eigenvalue weighted by atomic mass is 10.0. The van der Waals surface area contributed by atoms with Gasteiger partial charge in [0.2, 0.25) is 5.91 Å². The van der Waals surface area contributed by atoms with Crippen LogP contribution in [0.3, 0.4) is 0 Å². The fourth-order valence-corrected chi connectivity index (χ4v) is 2.20. The van der Waals surface area contributed by atoms with Crippen molar-refractivity contribution in [3.63, 3.8) is 0 Å². The number of hydrogen-bond donors (Lipinski definition) is 2. The first-order valence-electron chi connectivity index (χ1n) is 9.00. The van der Waals surface area contributed by atoms with E-state index in [0.717, 1.165) is 11.3 Å². The summed E-state index contributed by atoms with van der Waals surface area (Å²) in [7, 11) is 1.58. The first-order valence-corrected chi connectivity index (χ1v) is 9.00. The molecule has 0 aliphatic carbocycles. The topological polar surface area (TPSA) is 93.7 Å². The molecule has 0 aliphatic rings. The molecule has 0 aliphatic heterocycles. The highest BCUT2D eigenvalue weighted by Gasteiger charge is 2.28. The first kappa shape index (κ1) is 23.0. The highest BCUT2D eigenvalue weighted by Crippen LogP contribution is 2.12. The Morgan fingerprint density at radius 2 is 1.79 bits per heavy atom. The molecule has 2 N–H and O–H groups in total. The van der Waals surface area contributed by atoms with Crippen molar-refractivity contribution in [2.45, 2.75) is 32.9 Å². The van der Waals surface area contributed by atoms with Crippen molar-refractivity contribution in [3.8, 4) is 5.75 Å². The number of hydrogen-bond acceptors (Lipinski definition) is 5. The Hall–Kier alpha value is -3.09. The van der Waals surface area contributed by atoms with Crippen molar-refractivity contribution >= 4 is 23.9 Å². The number of nitrogens with one attached hydrogen (secondary N) is 2. The standard InChI is InChI=1S/C21H28N2O5/c1-6-13-22-20(25)15(4)28-21(26)19(14(2)3)23-18(24)12-9-16-7-10-17(27-5)11-8-16/h6-12,14-15,19H,1,13H2,2-5H3,(H,22,25)(H,23,24)/b12-9+/t15-,19+/m0/s1. The number of carbonyl (C=O) groups excluding carboxylic acids is 3. The van der Waals surface area contributed by atoms with E-state index in [1.807, 2.05) is 0 Å². The molecule has 7 nitrogen and oxygen atoms in total. The zero-order valence-corrected chi connectivity index (χ0v) is 16.7. The minimum Gasteiger partial charge on any atom is -0.497 e. The number of rotatable bonds is 10. The number of esters is 1. The van der Waals surface area contributed by atoms with Crippen LogP contribution in [-0.2, 0) is 19.1 Å². The molecule has 2 atom stereocenters. The molecule has 0 bridgehead atoms. The van der Waals surface area contributed by atoms with Crippen molar-refractivity contribution in [1.82, 2.24) is 10.6 Å². The van der Waals surface area contributed by atoms with E-state index in [4.69, 9.17) is 9.47 Å². The summed E-state index contributed by atoms with van der Waals surface area (Å²) in [5.74, 6) is -1.02. The number of methoxy groups -OCH3 is 1. The van der Waals surface area contributed by atoms with Gasteiger partial charge >= 0.3 is 5.97 Å². The minimum absolute atomic E-state index is 0.214. The van der Waals surface area contributed by atoms with Crippen LogP contribution in [0.15, 0.2) is 43.0 Å². The van der Waals surface area contributed by atoms with Gasteiger partial charge in [-0.15, -0.1) is 6.58 Å². The van der Waals surface area contributed by atoms with Crippen molar-refractivity contribution in [1.29, 1.82) is 0 Å². The van der Waals surface area contributed by atoms with Gasteiger partial charge < -0.3 is 20.1 Å². The van der Waals surface area contributed by atoms with E-state index < -0.39 is 29.9 Å². The zero-order valence-electron chi connectivity index (χ0n) is 16.7. The van der Waals surface area contributed by atoms with Crippen LogP contribution in [0.4, 0.5) is 0 Å². The molecular weight excluding hydrogens is 360 g/mol. The summed E-state index contributed by atoms with van der Waals surface area (Å²) in [6.07, 6.45) is 3.52. The maximum absolute atomic E-state index is 12.4. The van der Waals surface area contributed by atoms with Gasteiger partial charge in [-0.1, -0.05) is 32.1 Å². The Bertz CT molecular complexity index is 710. The van der Waals surface area contributed by atoms with Crippen molar-refractivity contribution in [2.24, 2.45) is 5.92 Å². The summed E-state index contributed by atoms with van der Waals surface area (Å²) in [6, 6.07) is 6.30. The summed E-state index contributed by atoms with van der Waals surface area (Å²) >= 11 is 0. The Balaban J connectivity index is 2.67. The fourth-order valence-electron chi connectivity index (χ4n) is 2.20. The third-order valence-electron chi connectivity index (χ3n) is 3.84. The second kappa shape index (κ2) is 11.6. The van der Waals surface area contributed by atoms with E-state index in [1.165, 1.54) is 19.1 Å². The van der Waals surface area contributed by atoms with Crippen LogP contribution in [0.5, 0.6) is 5.75 Å². The van der Waals surface area contributed by atoms with Gasteiger partial charge in [0.1, 0.15) is 11.8 Å². The van der Waals surface area contributed by atoms with Crippen molar-refractivity contribution in [3.05, 3.63) is 48.6 Å². The summed E-state index contributed by atoms with van der Waals surface area (Å²) in [5.41, 5.74) is 0.812. The third kappa shape index (κ3) is 7.65. The molecule has 0 heterocycles. The first-order chi connectivity index (χ1) is 13.3. The average molecular weight is 388 g/mol. The van der Waals surface area contributed by atoms with Crippen molar-refractivity contribution < 1.29 is 23.9 Å². The largest absolute Gasteiger partial charge is 0.497 e. The lowest BCUT2D eigenvalue weighted by Crippen LogP contribution is -2.47. The van der Waals surface area contributed by atoms with Gasteiger partial charge in [-0.3, -0.25) is 9.59 Å². The van der Waals surface area contributed by atoms with Crippen LogP contribution in [-0.4, -0.2) is 43.6 Å². The van der Waals surface area contributed by atoms with Gasteiger partial charge in [0.15, 0.2) is 6.10 Å². The Labute approximate surface area is 165 Å². The number of benzene rings is 1. The highest BCUT2D eigenvalue weighted by molar-refractivity contribution is 5.95. The maximum Gasteiger partial charge on any atom is 0.329 e. The molecule has 0 radical (unpaired) electrons. The number of amides is 2. The summed E-state index contributed by atoms with van der Waals surface area (Å²) in [4.78, 5) is 36.4. The van der Waals surface area contributed by atoms with Crippen molar-refractivity contribution in [2.75, 3.05) is 13.7 Å². The monoisotopic (exact) mass is 388 g/mol. The second-order valence-corrected chi connectivity index (χ2v) is 6.45. The van der Waals surface area contributed by atoms with Crippen LogP contribution in [0.1, 0.15) is 26.3 Å². The van der Waals surface area contributed by atoms with Gasteiger partial charge in [0.05, 0.1) is 7.11 Å². The molecule has 0 fully saturated rings. The minimum atomic E-state index is -0.972. The van der Waals surface area contributed by atoms with Crippen LogP contribution < -0.4 is 15.4 Å². The Kier molecular flexibility index (Phi) is 9.50. The quantitative estimate of drug-likeness (QED) is 0.364. The molecule has 0 unspecified atom stereocenters. The van der Waals surface area contributed by atoms with Gasteiger partial charge in [-0.25, -0.2) is 4.79 Å². The van der Waals surface area contributed by atoms with Gasteiger partial charge in [0.25, 0.3) is 5.91 Å². The summed E-state index contributed by atoms with van der Waals surface area (Å²) in [6.45, 7) is 8.81. The van der Waals surface area contributed by atoms with E-state index >= 15 is 0 Å². The molecule has 1 rings (SSSR count). The van der Waals surface area contributed by atoms with E-state index in [1.54, 1.807) is 51.3 Å². The van der Waals surface area contributed by atoms with E-state index in [9.17, 15) is 14.4 Å². The van der Waals surface area contributed by atoms with Crippen LogP contribution in [0, 0.1) is 5.92 Å². The van der Waals surface area contributed by atoms with E-state index in [-0.39, 0.29) is 12.5 Å². The molecule has 0 saturated heterocycles. The Morgan fingerprint density at radius 1 is 1.14 bits per heavy atom. The van der Waals surface area contributed by atoms with Gasteiger partial charge in [0, 0.05) is 12.6 Å². The van der Waals surface area contributed by atoms with E-state index in [0.29, 0.717) is 0 Å². The number of carbonyl (C=O) groups is 3. The molecule has 0 spiro atoms. The van der Waals surface area contributed by atoms with Gasteiger partial charge in [-0.05, 0) is 36.6 Å². The van der Waals surface area contributed by atoms with Gasteiger partial charge in [-0.2, -0.15) is 0 Å². The van der Waals surface area contributed by atoms with E-state index in [2.05, 4.69) is 17.2 Å². The van der Waals surface area contributed by atoms with Crippen LogP contribution in [0.2, 0.25) is 0 Å². The zero-order chi connectivity index (χ0) is 21.1. The highest BCUT2D eigenvalue weighted by atomic mass is 16.5. The summed E-state index contributed by atoms with van der Waals surface area (Å²) < 4.78 is 10.3. The third-order valence-corrected chi connectivity index (χ3v) is 3.84. The lowest BCUT2D eigenvalue weighted by Gasteiger charge is -2.22. The summed E-state index contributed by atoms with van der Waals surface area (Å²) in [5, 5.41) is 5.17. The predicted octanol–water partition coefficient (Wildman–Crippen LogP) is 2.08. The average Bonchev–Trinajstić information content (AvgIpc) is 2.68. The molecule has 1 aromatic rings. The van der Waals surface area contributed by atoms with Crippen LogP contribution in [0.25, 0.3) is 6.08 Å². The molecule has 7 heteroatoms. The SMILES string of the molecule is C=CCNC(=O)[C@H](C)OC(=O)[C@H](NC(=O)/C=C/c1ccc(OC)cc1)C(C)C. The molecular formula is C21H28N2O5. The molecule has 28 heavy (non-hydrogen) atoms. The molecule has 0 aromatic heterocycles. The lowest BCUT2D eigenvalue weighted by molar-refractivity contribution is -0.158. The van der Waals surface area contributed by atoms with Crippen LogP contribution >= 0.6 is 0 Å². The Morgan fingerprint density at radius 3 is 2.32 bits per heavy atom. The molecule has 1 aromatic carbocycles. The maximum atomic E-state index is 12.4. The fraction of sp³-hybridized carbons (Fsp3) is 0.381. The molecule has 152 valence electrons. The molecule has 0 saturated carbocycles. The second-order valence-electron chi connectivity index (χ2n) is 6.45.